The number of carbonyl (C=O) groups excluding carboxylic acids is 5. The Hall–Kier alpha value is -3.27. The summed E-state index contributed by atoms with van der Waals surface area (Å²) in [4.78, 5) is 61.9. The minimum Gasteiger partial charge on any atom is -0.381 e. The van der Waals surface area contributed by atoms with Gasteiger partial charge in [0.2, 0.25) is 0 Å². The Labute approximate surface area is 147 Å². The Morgan fingerprint density at radius 2 is 1.73 bits per heavy atom. The van der Waals surface area contributed by atoms with Crippen LogP contribution in [0.15, 0.2) is 30.3 Å². The Kier molecular flexibility index (Phi) is 6.39. The van der Waals surface area contributed by atoms with Gasteiger partial charge in [0, 0.05) is 25.8 Å². The van der Waals surface area contributed by atoms with Gasteiger partial charge in [-0.05, 0) is 12.1 Å². The van der Waals surface area contributed by atoms with Crippen LogP contribution in [0.3, 0.4) is 0 Å². The summed E-state index contributed by atoms with van der Waals surface area (Å²) in [7, 11) is 0. The predicted octanol–water partition coefficient (Wildman–Crippen LogP) is -0.0888. The Balaban J connectivity index is 1.70. The van der Waals surface area contributed by atoms with Crippen molar-refractivity contribution in [3.05, 3.63) is 35.9 Å². The van der Waals surface area contributed by atoms with Crippen molar-refractivity contribution in [3.63, 3.8) is 0 Å². The van der Waals surface area contributed by atoms with Gasteiger partial charge >= 0.3 is 18.0 Å². The van der Waals surface area contributed by atoms with Gasteiger partial charge in [-0.3, -0.25) is 9.59 Å². The number of aliphatic hydroxyl groups excluding tert-OH is 1. The molecule has 1 aromatic rings. The number of hydrogen-bond acceptors (Lipinski definition) is 8. The van der Waals surface area contributed by atoms with Gasteiger partial charge in [0.05, 0.1) is 5.56 Å². The average molecular weight is 364 g/mol. The number of aliphatic hydroxyl groups is 1. The third kappa shape index (κ3) is 5.11. The maximum absolute atomic E-state index is 11.6. The fourth-order valence-corrected chi connectivity index (χ4v) is 1.99. The molecule has 1 saturated heterocycles. The lowest BCUT2D eigenvalue weighted by atomic mass is 10.2. The molecule has 1 aliphatic rings. The van der Waals surface area contributed by atoms with E-state index in [1.807, 2.05) is 0 Å². The first-order valence-electron chi connectivity index (χ1n) is 7.69. The van der Waals surface area contributed by atoms with Crippen molar-refractivity contribution in [2.45, 2.75) is 25.4 Å². The van der Waals surface area contributed by atoms with Gasteiger partial charge in [0.25, 0.3) is 11.8 Å². The minimum absolute atomic E-state index is 0.0644. The molecule has 2 rings (SSSR count). The van der Waals surface area contributed by atoms with Gasteiger partial charge in [0.1, 0.15) is 0 Å². The number of hydroxylamine groups is 2. The van der Waals surface area contributed by atoms with E-state index in [0.29, 0.717) is 5.06 Å². The quantitative estimate of drug-likeness (QED) is 0.406. The van der Waals surface area contributed by atoms with Crippen LogP contribution in [-0.4, -0.2) is 52.7 Å². The molecule has 1 heterocycles. The van der Waals surface area contributed by atoms with E-state index in [1.54, 1.807) is 18.2 Å². The van der Waals surface area contributed by atoms with Crippen LogP contribution in [-0.2, 0) is 24.0 Å². The van der Waals surface area contributed by atoms with Crippen molar-refractivity contribution in [3.8, 4) is 0 Å². The van der Waals surface area contributed by atoms with Crippen LogP contribution in [0.2, 0.25) is 0 Å². The van der Waals surface area contributed by atoms with Gasteiger partial charge < -0.3 is 20.0 Å². The van der Waals surface area contributed by atoms with Gasteiger partial charge in [0.15, 0.2) is 6.10 Å². The van der Waals surface area contributed by atoms with E-state index in [4.69, 9.17) is 0 Å². The molecule has 0 saturated carbocycles. The molecule has 1 aliphatic heterocycles. The van der Waals surface area contributed by atoms with Crippen LogP contribution in [0.5, 0.6) is 0 Å². The summed E-state index contributed by atoms with van der Waals surface area (Å²) in [6.45, 7) is -0.209. The van der Waals surface area contributed by atoms with E-state index in [2.05, 4.69) is 14.9 Å². The second-order valence-electron chi connectivity index (χ2n) is 5.27. The van der Waals surface area contributed by atoms with Gasteiger partial charge in [-0.1, -0.05) is 18.2 Å². The Morgan fingerprint density at radius 3 is 2.35 bits per heavy atom. The maximum atomic E-state index is 11.6. The number of ether oxygens (including phenoxy) is 1. The second kappa shape index (κ2) is 8.72. The Bertz CT molecular complexity index is 702. The monoisotopic (exact) mass is 364 g/mol. The lowest BCUT2D eigenvalue weighted by Crippen LogP contribution is -2.38. The number of imide groups is 1. The zero-order valence-corrected chi connectivity index (χ0v) is 13.5. The molecule has 3 amide bonds. The highest BCUT2D eigenvalue weighted by Gasteiger charge is 2.34. The summed E-state index contributed by atoms with van der Waals surface area (Å²) in [5, 5.41) is 12.1. The number of amides is 3. The van der Waals surface area contributed by atoms with Crippen molar-refractivity contribution < 1.29 is 38.7 Å². The summed E-state index contributed by atoms with van der Waals surface area (Å²) in [5.41, 5.74) is 0.186. The van der Waals surface area contributed by atoms with Crippen molar-refractivity contribution >= 4 is 29.8 Å². The van der Waals surface area contributed by atoms with Gasteiger partial charge in [-0.2, -0.15) is 0 Å². The zero-order valence-electron chi connectivity index (χ0n) is 13.5. The summed E-state index contributed by atoms with van der Waals surface area (Å²) >= 11 is 0. The average Bonchev–Trinajstić information content (AvgIpc) is 2.94. The standard InChI is InChI=1S/C16H16N2O8/c19-11(15(23)26-18-12(20)6-7-13(18)21)8-9-17-16(24)25-14(22)10-4-2-1-3-5-10/h1-5,11,19H,6-9H2,(H,17,24). The fourth-order valence-electron chi connectivity index (χ4n) is 1.99. The fraction of sp³-hybridized carbons (Fsp3) is 0.312. The normalized spacial score (nSPS) is 14.7. The number of rotatable bonds is 6. The van der Waals surface area contributed by atoms with E-state index in [0.717, 1.165) is 0 Å². The van der Waals surface area contributed by atoms with Crippen LogP contribution < -0.4 is 5.32 Å². The van der Waals surface area contributed by atoms with E-state index in [1.165, 1.54) is 12.1 Å². The summed E-state index contributed by atoms with van der Waals surface area (Å²) in [6.07, 6.45) is -3.13. The van der Waals surface area contributed by atoms with Gasteiger partial charge in [-0.25, -0.2) is 14.4 Å². The van der Waals surface area contributed by atoms with E-state index >= 15 is 0 Å². The maximum Gasteiger partial charge on any atom is 0.415 e. The molecule has 10 nitrogen and oxygen atoms in total. The first kappa shape index (κ1) is 19.1. The predicted molar refractivity (Wildman–Crippen MR) is 83.1 cm³/mol. The smallest absolute Gasteiger partial charge is 0.381 e. The lowest BCUT2D eigenvalue weighted by Gasteiger charge is -2.15. The Morgan fingerprint density at radius 1 is 1.12 bits per heavy atom. The van der Waals surface area contributed by atoms with Crippen molar-refractivity contribution in [2.75, 3.05) is 6.54 Å². The largest absolute Gasteiger partial charge is 0.415 e. The molecule has 0 spiro atoms. The molecule has 10 heteroatoms. The molecule has 138 valence electrons. The van der Waals surface area contributed by atoms with E-state index in [9.17, 15) is 29.1 Å². The minimum atomic E-state index is -1.68. The molecule has 2 N–H and O–H groups in total. The summed E-state index contributed by atoms with van der Waals surface area (Å²) in [6, 6.07) is 7.84. The highest BCUT2D eigenvalue weighted by Crippen LogP contribution is 2.13. The first-order valence-corrected chi connectivity index (χ1v) is 7.69. The third-order valence-corrected chi connectivity index (χ3v) is 3.34. The number of benzene rings is 1. The number of hydrogen-bond donors (Lipinski definition) is 2. The van der Waals surface area contributed by atoms with Crippen LogP contribution in [0.4, 0.5) is 4.79 Å². The highest BCUT2D eigenvalue weighted by atomic mass is 16.7. The SMILES string of the molecule is O=C(NCCC(O)C(=O)ON1C(=O)CCC1=O)OC(=O)c1ccccc1. The number of carbonyl (C=O) groups is 5. The topological polar surface area (TPSA) is 139 Å². The first-order chi connectivity index (χ1) is 12.4. The van der Waals surface area contributed by atoms with Gasteiger partial charge in [-0.15, -0.1) is 5.06 Å². The van der Waals surface area contributed by atoms with E-state index in [-0.39, 0.29) is 31.4 Å². The lowest BCUT2D eigenvalue weighted by molar-refractivity contribution is -0.203. The molecular formula is C16H16N2O8. The summed E-state index contributed by atoms with van der Waals surface area (Å²) in [5.74, 6) is -3.40. The molecule has 1 fully saturated rings. The van der Waals surface area contributed by atoms with Crippen molar-refractivity contribution in [1.29, 1.82) is 0 Å². The highest BCUT2D eigenvalue weighted by molar-refractivity contribution is 6.01. The van der Waals surface area contributed by atoms with Crippen LogP contribution in [0, 0.1) is 0 Å². The molecule has 1 unspecified atom stereocenters. The van der Waals surface area contributed by atoms with E-state index < -0.39 is 36.0 Å². The number of alkyl carbamates (subject to hydrolysis) is 1. The molecule has 1 atom stereocenters. The number of esters is 1. The molecule has 0 aromatic heterocycles. The van der Waals surface area contributed by atoms with Crippen LogP contribution in [0.25, 0.3) is 0 Å². The molecule has 0 bridgehead atoms. The van der Waals surface area contributed by atoms with Crippen LogP contribution >= 0.6 is 0 Å². The molecular weight excluding hydrogens is 348 g/mol. The molecule has 26 heavy (non-hydrogen) atoms. The summed E-state index contributed by atoms with van der Waals surface area (Å²) < 4.78 is 4.53. The van der Waals surface area contributed by atoms with Crippen molar-refractivity contribution in [1.82, 2.24) is 10.4 Å². The number of nitrogens with one attached hydrogen (secondary N) is 1. The molecule has 0 radical (unpaired) electrons. The third-order valence-electron chi connectivity index (χ3n) is 3.34. The van der Waals surface area contributed by atoms with Crippen molar-refractivity contribution in [2.24, 2.45) is 0 Å². The zero-order chi connectivity index (χ0) is 19.1. The molecule has 0 aliphatic carbocycles. The van der Waals surface area contributed by atoms with Crippen LogP contribution in [0.1, 0.15) is 29.6 Å². The second-order valence-corrected chi connectivity index (χ2v) is 5.27. The number of nitrogens with zero attached hydrogens (tertiary/aromatic N) is 1. The molecule has 1 aromatic carbocycles.